The minimum absolute atomic E-state index is 0.0432. The Balaban J connectivity index is 1.51. The first kappa shape index (κ1) is 16.9. The first-order chi connectivity index (χ1) is 11.6. The number of amides is 2. The van der Waals surface area contributed by atoms with E-state index in [1.807, 2.05) is 4.90 Å². The van der Waals surface area contributed by atoms with Gasteiger partial charge in [-0.15, -0.1) is 0 Å². The van der Waals surface area contributed by atoms with Gasteiger partial charge in [-0.3, -0.25) is 9.59 Å². The lowest BCUT2D eigenvalue weighted by Gasteiger charge is -2.32. The molecule has 2 amide bonds. The Kier molecular flexibility index (Phi) is 5.13. The van der Waals surface area contributed by atoms with Gasteiger partial charge in [0.15, 0.2) is 5.82 Å². The van der Waals surface area contributed by atoms with Crippen molar-refractivity contribution < 1.29 is 18.8 Å². The Morgan fingerprint density at radius 2 is 2.12 bits per heavy atom. The van der Waals surface area contributed by atoms with Crippen LogP contribution in [0.25, 0.3) is 0 Å². The van der Waals surface area contributed by atoms with Gasteiger partial charge in [0, 0.05) is 45.6 Å². The molecule has 3 heterocycles. The number of likely N-dealkylation sites (tertiary alicyclic amines) is 2. The predicted molar refractivity (Wildman–Crippen MR) is 84.2 cm³/mol. The first-order valence-corrected chi connectivity index (χ1v) is 8.44. The number of piperidine rings is 1. The average molecular weight is 336 g/mol. The largest absolute Gasteiger partial charge is 0.383 e. The van der Waals surface area contributed by atoms with Crippen LogP contribution in [0.1, 0.15) is 36.9 Å². The van der Waals surface area contributed by atoms with Gasteiger partial charge in [-0.2, -0.15) is 4.98 Å². The van der Waals surface area contributed by atoms with Crippen LogP contribution < -0.4 is 0 Å². The van der Waals surface area contributed by atoms with E-state index in [0.717, 1.165) is 12.8 Å². The molecule has 1 aromatic heterocycles. The number of hydrogen-bond acceptors (Lipinski definition) is 6. The van der Waals surface area contributed by atoms with Crippen molar-refractivity contribution >= 4 is 11.8 Å². The molecule has 0 N–H and O–H groups in total. The molecule has 0 bridgehead atoms. The third-order valence-electron chi connectivity index (χ3n) is 4.83. The fraction of sp³-hybridized carbons (Fsp3) is 0.750. The van der Waals surface area contributed by atoms with Crippen molar-refractivity contribution in [3.05, 3.63) is 11.7 Å². The predicted octanol–water partition coefficient (Wildman–Crippen LogP) is 0.579. The summed E-state index contributed by atoms with van der Waals surface area (Å²) in [6, 6.07) is 0. The topological polar surface area (TPSA) is 88.8 Å². The second-order valence-electron chi connectivity index (χ2n) is 6.51. The van der Waals surface area contributed by atoms with Gasteiger partial charge in [-0.25, -0.2) is 0 Å². The van der Waals surface area contributed by atoms with Gasteiger partial charge >= 0.3 is 0 Å². The van der Waals surface area contributed by atoms with Crippen LogP contribution in [0, 0.1) is 12.8 Å². The molecule has 8 heteroatoms. The number of rotatable bonds is 5. The van der Waals surface area contributed by atoms with Gasteiger partial charge in [-0.05, 0) is 19.8 Å². The standard InChI is InChI=1S/C16H24N4O4/c1-11-17-15(24-18-11)12-3-5-19(6-4-12)16(22)13-9-14(21)20(10-13)7-8-23-2/h12-13H,3-10H2,1-2H3/t13-/m0/s1. The summed E-state index contributed by atoms with van der Waals surface area (Å²) in [5, 5.41) is 3.83. The summed E-state index contributed by atoms with van der Waals surface area (Å²) >= 11 is 0. The van der Waals surface area contributed by atoms with Crippen molar-refractivity contribution in [3.63, 3.8) is 0 Å². The van der Waals surface area contributed by atoms with Crippen molar-refractivity contribution in [1.29, 1.82) is 0 Å². The van der Waals surface area contributed by atoms with Gasteiger partial charge in [0.2, 0.25) is 17.7 Å². The molecule has 132 valence electrons. The molecule has 0 aromatic carbocycles. The molecule has 0 aliphatic carbocycles. The molecular weight excluding hydrogens is 312 g/mol. The summed E-state index contributed by atoms with van der Waals surface area (Å²) in [7, 11) is 1.61. The monoisotopic (exact) mass is 336 g/mol. The van der Waals surface area contributed by atoms with Crippen molar-refractivity contribution in [2.24, 2.45) is 5.92 Å². The molecule has 1 aromatic rings. The number of hydrogen-bond donors (Lipinski definition) is 0. The van der Waals surface area contributed by atoms with Crippen LogP contribution in [-0.2, 0) is 14.3 Å². The van der Waals surface area contributed by atoms with E-state index in [-0.39, 0.29) is 23.7 Å². The van der Waals surface area contributed by atoms with Crippen molar-refractivity contribution in [1.82, 2.24) is 19.9 Å². The summed E-state index contributed by atoms with van der Waals surface area (Å²) in [6.07, 6.45) is 1.95. The highest BCUT2D eigenvalue weighted by molar-refractivity contribution is 5.89. The number of methoxy groups -OCH3 is 1. The fourth-order valence-electron chi connectivity index (χ4n) is 3.44. The minimum atomic E-state index is -0.225. The molecule has 0 saturated carbocycles. The van der Waals surface area contributed by atoms with Gasteiger partial charge in [-0.1, -0.05) is 5.16 Å². The highest BCUT2D eigenvalue weighted by atomic mass is 16.5. The third kappa shape index (κ3) is 3.58. The number of carbonyl (C=O) groups is 2. The average Bonchev–Trinajstić information content (AvgIpc) is 3.18. The highest BCUT2D eigenvalue weighted by Crippen LogP contribution is 2.29. The summed E-state index contributed by atoms with van der Waals surface area (Å²) in [4.78, 5) is 32.5. The minimum Gasteiger partial charge on any atom is -0.383 e. The van der Waals surface area contributed by atoms with Gasteiger partial charge in [0.1, 0.15) is 0 Å². The lowest BCUT2D eigenvalue weighted by Crippen LogP contribution is -2.42. The van der Waals surface area contributed by atoms with Crippen LogP contribution in [0.3, 0.4) is 0 Å². The molecule has 0 radical (unpaired) electrons. The summed E-state index contributed by atoms with van der Waals surface area (Å²) < 4.78 is 10.2. The van der Waals surface area contributed by atoms with Crippen LogP contribution in [0.4, 0.5) is 0 Å². The third-order valence-corrected chi connectivity index (χ3v) is 4.83. The molecule has 0 unspecified atom stereocenters. The molecule has 2 aliphatic heterocycles. The zero-order valence-corrected chi connectivity index (χ0v) is 14.2. The van der Waals surface area contributed by atoms with Crippen molar-refractivity contribution in [2.75, 3.05) is 39.9 Å². The van der Waals surface area contributed by atoms with Crippen LogP contribution in [0.2, 0.25) is 0 Å². The van der Waals surface area contributed by atoms with E-state index in [9.17, 15) is 9.59 Å². The maximum absolute atomic E-state index is 12.7. The lowest BCUT2D eigenvalue weighted by atomic mass is 9.95. The van der Waals surface area contributed by atoms with Gasteiger partial charge in [0.25, 0.3) is 0 Å². The molecule has 3 rings (SSSR count). The number of aryl methyl sites for hydroxylation is 1. The smallest absolute Gasteiger partial charge is 0.229 e. The fourth-order valence-corrected chi connectivity index (χ4v) is 3.44. The summed E-state index contributed by atoms with van der Waals surface area (Å²) in [6.45, 7) is 4.71. The van der Waals surface area contributed by atoms with Gasteiger partial charge < -0.3 is 19.1 Å². The van der Waals surface area contributed by atoms with Crippen LogP contribution in [0.5, 0.6) is 0 Å². The Morgan fingerprint density at radius 3 is 2.75 bits per heavy atom. The maximum atomic E-state index is 12.7. The summed E-state index contributed by atoms with van der Waals surface area (Å²) in [5.74, 6) is 1.44. The van der Waals surface area contributed by atoms with Crippen LogP contribution in [-0.4, -0.2) is 71.7 Å². The first-order valence-electron chi connectivity index (χ1n) is 8.44. The molecule has 1 atom stereocenters. The normalized spacial score (nSPS) is 22.4. The Hall–Kier alpha value is -1.96. The number of aromatic nitrogens is 2. The van der Waals surface area contributed by atoms with E-state index < -0.39 is 0 Å². The lowest BCUT2D eigenvalue weighted by molar-refractivity contribution is -0.136. The maximum Gasteiger partial charge on any atom is 0.229 e. The zero-order chi connectivity index (χ0) is 17.1. The van der Waals surface area contributed by atoms with Crippen LogP contribution in [0.15, 0.2) is 4.52 Å². The van der Waals surface area contributed by atoms with E-state index >= 15 is 0 Å². The zero-order valence-electron chi connectivity index (χ0n) is 14.2. The Labute approximate surface area is 141 Å². The molecule has 8 nitrogen and oxygen atoms in total. The second kappa shape index (κ2) is 7.29. The SMILES string of the molecule is COCCN1C[C@@H](C(=O)N2CCC(c3nc(C)no3)CC2)CC1=O. The van der Waals surface area contributed by atoms with Crippen molar-refractivity contribution in [3.8, 4) is 0 Å². The molecule has 2 saturated heterocycles. The molecule has 2 fully saturated rings. The van der Waals surface area contributed by atoms with E-state index in [2.05, 4.69) is 10.1 Å². The molecule has 0 spiro atoms. The van der Waals surface area contributed by atoms with E-state index in [1.54, 1.807) is 18.9 Å². The van der Waals surface area contributed by atoms with Crippen molar-refractivity contribution in [2.45, 2.75) is 32.1 Å². The molecular formula is C16H24N4O4. The van der Waals surface area contributed by atoms with E-state index in [4.69, 9.17) is 9.26 Å². The number of ether oxygens (including phenoxy) is 1. The Morgan fingerprint density at radius 1 is 1.38 bits per heavy atom. The van der Waals surface area contributed by atoms with Gasteiger partial charge in [0.05, 0.1) is 12.5 Å². The number of carbonyl (C=O) groups excluding carboxylic acids is 2. The van der Waals surface area contributed by atoms with E-state index in [0.29, 0.717) is 50.9 Å². The molecule has 24 heavy (non-hydrogen) atoms. The Bertz CT molecular complexity index is 595. The van der Waals surface area contributed by atoms with E-state index in [1.165, 1.54) is 0 Å². The molecule has 2 aliphatic rings. The second-order valence-corrected chi connectivity index (χ2v) is 6.51. The number of nitrogens with zero attached hydrogens (tertiary/aromatic N) is 4. The van der Waals surface area contributed by atoms with Crippen LogP contribution >= 0.6 is 0 Å². The summed E-state index contributed by atoms with van der Waals surface area (Å²) in [5.41, 5.74) is 0. The quantitative estimate of drug-likeness (QED) is 0.781. The highest BCUT2D eigenvalue weighted by Gasteiger charge is 2.37.